The molecule has 1 aliphatic heterocycles. The molecule has 1 saturated heterocycles. The van der Waals surface area contributed by atoms with Crippen molar-refractivity contribution < 1.29 is 4.74 Å². The van der Waals surface area contributed by atoms with Gasteiger partial charge >= 0.3 is 0 Å². The summed E-state index contributed by atoms with van der Waals surface area (Å²) in [6, 6.07) is 0. The van der Waals surface area contributed by atoms with Gasteiger partial charge in [0.05, 0.1) is 6.61 Å². The van der Waals surface area contributed by atoms with Crippen LogP contribution in [0.2, 0.25) is 0 Å². The highest BCUT2D eigenvalue weighted by atomic mass is 32.1. The van der Waals surface area contributed by atoms with Crippen LogP contribution in [-0.4, -0.2) is 81.4 Å². The highest BCUT2D eigenvalue weighted by Crippen LogP contribution is 2.19. The van der Waals surface area contributed by atoms with Gasteiger partial charge in [-0.15, -0.1) is 10.2 Å². The van der Waals surface area contributed by atoms with Gasteiger partial charge in [0.15, 0.2) is 11.8 Å². The Morgan fingerprint density at radius 3 is 2.64 bits per heavy atom. The Bertz CT molecular complexity index is 779. The number of ether oxygens (including phenoxy) is 1. The molecule has 2 aromatic heterocycles. The van der Waals surface area contributed by atoms with E-state index in [0.717, 1.165) is 61.2 Å². The fourth-order valence-corrected chi connectivity index (χ4v) is 3.69. The SMILES string of the molecule is CCc1nsc(N2CCN(C(=NCc3nnc(C)n3C)NCCOC)CC2)n1. The van der Waals surface area contributed by atoms with E-state index in [9.17, 15) is 0 Å². The Hall–Kier alpha value is -2.27. The number of methoxy groups -OCH3 is 1. The molecular formula is C17H29N9OS. The lowest BCUT2D eigenvalue weighted by molar-refractivity contribution is 0.202. The molecule has 0 saturated carbocycles. The maximum Gasteiger partial charge on any atom is 0.205 e. The van der Waals surface area contributed by atoms with Crippen LogP contribution < -0.4 is 10.2 Å². The van der Waals surface area contributed by atoms with Crippen LogP contribution >= 0.6 is 11.5 Å². The van der Waals surface area contributed by atoms with E-state index in [1.54, 1.807) is 7.11 Å². The molecule has 3 rings (SSSR count). The molecule has 2 aromatic rings. The zero-order valence-corrected chi connectivity index (χ0v) is 17.9. The smallest absolute Gasteiger partial charge is 0.205 e. The van der Waals surface area contributed by atoms with Crippen molar-refractivity contribution in [2.45, 2.75) is 26.8 Å². The van der Waals surface area contributed by atoms with Gasteiger partial charge in [-0.05, 0) is 6.92 Å². The second-order valence-electron chi connectivity index (χ2n) is 6.60. The summed E-state index contributed by atoms with van der Waals surface area (Å²) in [4.78, 5) is 14.0. The van der Waals surface area contributed by atoms with E-state index in [2.05, 4.69) is 41.6 Å². The number of piperazine rings is 1. The van der Waals surface area contributed by atoms with E-state index in [1.165, 1.54) is 11.5 Å². The maximum atomic E-state index is 5.17. The van der Waals surface area contributed by atoms with Gasteiger partial charge < -0.3 is 24.4 Å². The Morgan fingerprint density at radius 1 is 1.25 bits per heavy atom. The van der Waals surface area contributed by atoms with Crippen LogP contribution in [0.25, 0.3) is 0 Å². The summed E-state index contributed by atoms with van der Waals surface area (Å²) in [6.45, 7) is 9.39. The largest absolute Gasteiger partial charge is 0.383 e. The van der Waals surface area contributed by atoms with Crippen LogP contribution in [0.1, 0.15) is 24.4 Å². The monoisotopic (exact) mass is 407 g/mol. The fraction of sp³-hybridized carbons (Fsp3) is 0.706. The van der Waals surface area contributed by atoms with Gasteiger partial charge in [-0.2, -0.15) is 4.37 Å². The second-order valence-corrected chi connectivity index (χ2v) is 7.33. The number of nitrogens with one attached hydrogen (secondary N) is 1. The Kier molecular flexibility index (Phi) is 7.15. The third-order valence-corrected chi connectivity index (χ3v) is 5.58. The normalized spacial score (nSPS) is 15.4. The summed E-state index contributed by atoms with van der Waals surface area (Å²) in [5.74, 6) is 3.54. The maximum absolute atomic E-state index is 5.17. The van der Waals surface area contributed by atoms with Crippen molar-refractivity contribution in [1.82, 2.24) is 34.3 Å². The molecule has 10 nitrogen and oxygen atoms in total. The van der Waals surface area contributed by atoms with Crippen LogP contribution in [0, 0.1) is 6.92 Å². The van der Waals surface area contributed by atoms with Gasteiger partial charge in [0.2, 0.25) is 5.13 Å². The van der Waals surface area contributed by atoms with Crippen LogP contribution in [0.5, 0.6) is 0 Å². The standard InChI is InChI=1S/C17H29N9OS/c1-5-14-20-17(28-23-14)26-9-7-25(8-10-26)16(18-6-11-27-4)19-12-15-22-21-13(2)24(15)3/h5-12H2,1-4H3,(H,18,19). The first kappa shape index (κ1) is 20.5. The number of hydrogen-bond acceptors (Lipinski definition) is 8. The molecule has 0 aromatic carbocycles. The molecule has 1 fully saturated rings. The fourth-order valence-electron chi connectivity index (χ4n) is 2.89. The zero-order valence-electron chi connectivity index (χ0n) is 17.1. The molecule has 1 aliphatic rings. The predicted octanol–water partition coefficient (Wildman–Crippen LogP) is 0.452. The Labute approximate surface area is 169 Å². The lowest BCUT2D eigenvalue weighted by Crippen LogP contribution is -2.53. The number of rotatable bonds is 7. The van der Waals surface area contributed by atoms with Crippen LogP contribution in [0.15, 0.2) is 4.99 Å². The molecule has 0 spiro atoms. The van der Waals surface area contributed by atoms with E-state index in [0.29, 0.717) is 19.7 Å². The van der Waals surface area contributed by atoms with Crippen molar-refractivity contribution in [1.29, 1.82) is 0 Å². The van der Waals surface area contributed by atoms with E-state index >= 15 is 0 Å². The van der Waals surface area contributed by atoms with Gasteiger partial charge in [0, 0.05) is 64.8 Å². The first-order chi connectivity index (χ1) is 13.6. The van der Waals surface area contributed by atoms with Crippen LogP contribution in [-0.2, 0) is 24.8 Å². The van der Waals surface area contributed by atoms with Gasteiger partial charge in [-0.25, -0.2) is 9.98 Å². The molecule has 0 radical (unpaired) electrons. The molecule has 3 heterocycles. The Morgan fingerprint density at radius 2 is 2.04 bits per heavy atom. The first-order valence-electron chi connectivity index (χ1n) is 9.57. The molecular weight excluding hydrogens is 378 g/mol. The Balaban J connectivity index is 1.63. The van der Waals surface area contributed by atoms with Gasteiger partial charge in [0.25, 0.3) is 0 Å². The van der Waals surface area contributed by atoms with Crippen molar-refractivity contribution in [3.05, 3.63) is 17.5 Å². The number of guanidine groups is 1. The minimum atomic E-state index is 0.489. The van der Waals surface area contributed by atoms with Crippen molar-refractivity contribution in [2.75, 3.05) is 51.3 Å². The molecule has 11 heteroatoms. The molecule has 1 N–H and O–H groups in total. The summed E-state index contributed by atoms with van der Waals surface area (Å²) in [5, 5.41) is 12.7. The molecule has 28 heavy (non-hydrogen) atoms. The molecule has 0 amide bonds. The van der Waals surface area contributed by atoms with Crippen molar-refractivity contribution in [2.24, 2.45) is 12.0 Å². The average molecular weight is 408 g/mol. The van der Waals surface area contributed by atoms with E-state index < -0.39 is 0 Å². The van der Waals surface area contributed by atoms with Gasteiger partial charge in [-0.1, -0.05) is 6.92 Å². The number of nitrogens with zero attached hydrogens (tertiary/aromatic N) is 8. The van der Waals surface area contributed by atoms with Crippen LogP contribution in [0.3, 0.4) is 0 Å². The molecule has 0 aliphatic carbocycles. The number of aromatic nitrogens is 5. The zero-order chi connectivity index (χ0) is 19.9. The molecule has 0 unspecified atom stereocenters. The number of hydrogen-bond donors (Lipinski definition) is 1. The summed E-state index contributed by atoms with van der Waals surface area (Å²) >= 11 is 1.48. The third kappa shape index (κ3) is 4.96. The summed E-state index contributed by atoms with van der Waals surface area (Å²) < 4.78 is 11.5. The number of aryl methyl sites for hydroxylation is 2. The van der Waals surface area contributed by atoms with Crippen LogP contribution in [0.4, 0.5) is 5.13 Å². The second kappa shape index (κ2) is 9.78. The number of aliphatic imine (C=N–C) groups is 1. The molecule has 0 bridgehead atoms. The van der Waals surface area contributed by atoms with Crippen molar-refractivity contribution >= 4 is 22.6 Å². The van der Waals surface area contributed by atoms with Gasteiger partial charge in [-0.3, -0.25) is 0 Å². The quantitative estimate of drug-likeness (QED) is 0.402. The summed E-state index contributed by atoms with van der Waals surface area (Å²) in [5.41, 5.74) is 0. The minimum absolute atomic E-state index is 0.489. The molecule has 0 atom stereocenters. The lowest BCUT2D eigenvalue weighted by atomic mass is 10.3. The first-order valence-corrected chi connectivity index (χ1v) is 10.3. The van der Waals surface area contributed by atoms with E-state index in [1.807, 2.05) is 18.5 Å². The highest BCUT2D eigenvalue weighted by Gasteiger charge is 2.22. The summed E-state index contributed by atoms with van der Waals surface area (Å²) in [6.07, 6.45) is 0.873. The topological polar surface area (TPSA) is 96.6 Å². The number of anilines is 1. The van der Waals surface area contributed by atoms with E-state index in [4.69, 9.17) is 9.73 Å². The van der Waals surface area contributed by atoms with Gasteiger partial charge in [0.1, 0.15) is 18.2 Å². The predicted molar refractivity (Wildman–Crippen MR) is 110 cm³/mol. The highest BCUT2D eigenvalue weighted by molar-refractivity contribution is 7.09. The lowest BCUT2D eigenvalue weighted by Gasteiger charge is -2.36. The molecule has 154 valence electrons. The van der Waals surface area contributed by atoms with Crippen molar-refractivity contribution in [3.8, 4) is 0 Å². The minimum Gasteiger partial charge on any atom is -0.383 e. The summed E-state index contributed by atoms with van der Waals surface area (Å²) in [7, 11) is 3.66. The van der Waals surface area contributed by atoms with Crippen molar-refractivity contribution in [3.63, 3.8) is 0 Å². The third-order valence-electron chi connectivity index (χ3n) is 4.77. The van der Waals surface area contributed by atoms with E-state index in [-0.39, 0.29) is 0 Å². The average Bonchev–Trinajstić information content (AvgIpc) is 3.32.